The molecule has 8 nitrogen and oxygen atoms in total. The van der Waals surface area contributed by atoms with Gasteiger partial charge in [0.15, 0.2) is 12.4 Å². The van der Waals surface area contributed by atoms with Crippen molar-refractivity contribution < 1.29 is 23.5 Å². The number of piperazine rings is 1. The van der Waals surface area contributed by atoms with Gasteiger partial charge in [-0.2, -0.15) is 0 Å². The van der Waals surface area contributed by atoms with Gasteiger partial charge < -0.3 is 24.3 Å². The molecule has 0 bridgehead atoms. The number of rotatable bonds is 6. The fourth-order valence-electron chi connectivity index (χ4n) is 2.93. The van der Waals surface area contributed by atoms with E-state index in [0.29, 0.717) is 44.0 Å². The first-order valence-electron chi connectivity index (χ1n) is 9.20. The van der Waals surface area contributed by atoms with Crippen LogP contribution >= 0.6 is 0 Å². The fraction of sp³-hybridized carbons (Fsp3) is 0.350. The highest BCUT2D eigenvalue weighted by molar-refractivity contribution is 6.02. The van der Waals surface area contributed by atoms with Gasteiger partial charge in [0.2, 0.25) is 5.91 Å². The first-order chi connectivity index (χ1) is 13.6. The number of carbonyl (C=O) groups excluding carboxylic acids is 3. The Balaban J connectivity index is 1.49. The second kappa shape index (κ2) is 9.07. The zero-order valence-corrected chi connectivity index (χ0v) is 15.7. The zero-order chi connectivity index (χ0) is 19.9. The minimum atomic E-state index is -0.363. The van der Waals surface area contributed by atoms with E-state index in [2.05, 4.69) is 5.32 Å². The summed E-state index contributed by atoms with van der Waals surface area (Å²) in [5.74, 6) is 0.302. The lowest BCUT2D eigenvalue weighted by Crippen LogP contribution is -2.51. The maximum Gasteiger partial charge on any atom is 0.291 e. The van der Waals surface area contributed by atoms with Crippen LogP contribution in [0.25, 0.3) is 0 Å². The topological polar surface area (TPSA) is 92.1 Å². The second-order valence-corrected chi connectivity index (χ2v) is 6.36. The fourth-order valence-corrected chi connectivity index (χ4v) is 2.93. The van der Waals surface area contributed by atoms with Crippen molar-refractivity contribution in [2.45, 2.75) is 13.3 Å². The summed E-state index contributed by atoms with van der Waals surface area (Å²) in [4.78, 5) is 39.5. The van der Waals surface area contributed by atoms with Gasteiger partial charge in [0.25, 0.3) is 11.8 Å². The third-order valence-corrected chi connectivity index (χ3v) is 4.49. The second-order valence-electron chi connectivity index (χ2n) is 6.36. The van der Waals surface area contributed by atoms with Crippen molar-refractivity contribution in [1.29, 1.82) is 0 Å². The molecule has 0 atom stereocenters. The molecule has 8 heteroatoms. The molecule has 148 valence electrons. The molecular weight excluding hydrogens is 362 g/mol. The van der Waals surface area contributed by atoms with Crippen LogP contribution in [0.2, 0.25) is 0 Å². The molecule has 1 aromatic carbocycles. The Morgan fingerprint density at radius 1 is 1.04 bits per heavy atom. The summed E-state index contributed by atoms with van der Waals surface area (Å²) in [5.41, 5.74) is 0.540. The number of amides is 3. The Morgan fingerprint density at radius 3 is 2.39 bits per heavy atom. The van der Waals surface area contributed by atoms with Gasteiger partial charge >= 0.3 is 0 Å². The van der Waals surface area contributed by atoms with Gasteiger partial charge in [0, 0.05) is 44.4 Å². The Labute approximate surface area is 163 Å². The molecule has 28 heavy (non-hydrogen) atoms. The average molecular weight is 385 g/mol. The number of anilines is 1. The highest BCUT2D eigenvalue weighted by atomic mass is 16.5. The summed E-state index contributed by atoms with van der Waals surface area (Å²) >= 11 is 0. The minimum Gasteiger partial charge on any atom is -0.484 e. The van der Waals surface area contributed by atoms with Gasteiger partial charge in [-0.3, -0.25) is 14.4 Å². The van der Waals surface area contributed by atoms with Gasteiger partial charge in [0.05, 0.1) is 6.26 Å². The van der Waals surface area contributed by atoms with Crippen molar-refractivity contribution in [3.63, 3.8) is 0 Å². The first kappa shape index (κ1) is 19.5. The number of nitrogens with zero attached hydrogens (tertiary/aromatic N) is 2. The molecule has 1 saturated heterocycles. The van der Waals surface area contributed by atoms with Crippen LogP contribution < -0.4 is 10.1 Å². The summed E-state index contributed by atoms with van der Waals surface area (Å²) in [5, 5.41) is 2.71. The normalized spacial score (nSPS) is 13.9. The van der Waals surface area contributed by atoms with E-state index in [1.165, 1.54) is 6.26 Å². The summed E-state index contributed by atoms with van der Waals surface area (Å²) in [6, 6.07) is 10.0. The Morgan fingerprint density at radius 2 is 1.75 bits per heavy atom. The van der Waals surface area contributed by atoms with Crippen molar-refractivity contribution in [2.75, 3.05) is 38.1 Å². The summed E-state index contributed by atoms with van der Waals surface area (Å²) in [6.07, 6.45) is 1.90. The number of nitrogens with one attached hydrogen (secondary N) is 1. The molecule has 0 aliphatic carbocycles. The van der Waals surface area contributed by atoms with Crippen molar-refractivity contribution >= 4 is 23.4 Å². The number of ether oxygens (including phenoxy) is 1. The van der Waals surface area contributed by atoms with Crippen molar-refractivity contribution in [3.8, 4) is 5.75 Å². The van der Waals surface area contributed by atoms with Crippen LogP contribution in [-0.4, -0.2) is 60.3 Å². The zero-order valence-electron chi connectivity index (χ0n) is 15.7. The van der Waals surface area contributed by atoms with E-state index in [1.54, 1.807) is 46.2 Å². The average Bonchev–Trinajstić information content (AvgIpc) is 3.27. The number of hydrogen-bond acceptors (Lipinski definition) is 5. The lowest BCUT2D eigenvalue weighted by molar-refractivity contribution is -0.140. The van der Waals surface area contributed by atoms with Gasteiger partial charge in [-0.1, -0.05) is 13.0 Å². The number of furan rings is 1. The molecule has 0 unspecified atom stereocenters. The van der Waals surface area contributed by atoms with E-state index in [-0.39, 0.29) is 30.1 Å². The van der Waals surface area contributed by atoms with E-state index in [0.717, 1.165) is 0 Å². The van der Waals surface area contributed by atoms with E-state index in [4.69, 9.17) is 9.15 Å². The lowest BCUT2D eigenvalue weighted by atomic mass is 10.2. The van der Waals surface area contributed by atoms with Crippen LogP contribution in [0.1, 0.15) is 23.9 Å². The van der Waals surface area contributed by atoms with Crippen molar-refractivity contribution in [3.05, 3.63) is 48.4 Å². The molecule has 1 N–H and O–H groups in total. The Hall–Kier alpha value is -3.29. The molecule has 3 rings (SSSR count). The molecule has 0 spiro atoms. The van der Waals surface area contributed by atoms with Crippen molar-refractivity contribution in [1.82, 2.24) is 9.80 Å². The molecule has 1 aromatic heterocycles. The van der Waals surface area contributed by atoms with Crippen LogP contribution in [0.15, 0.2) is 47.1 Å². The number of hydrogen-bond donors (Lipinski definition) is 1. The first-order valence-corrected chi connectivity index (χ1v) is 9.20. The van der Waals surface area contributed by atoms with Gasteiger partial charge in [-0.05, 0) is 24.3 Å². The molecule has 2 heterocycles. The summed E-state index contributed by atoms with van der Waals surface area (Å²) in [7, 11) is 0. The van der Waals surface area contributed by atoms with Gasteiger partial charge in [-0.15, -0.1) is 0 Å². The van der Waals surface area contributed by atoms with E-state index < -0.39 is 0 Å². The molecule has 0 saturated carbocycles. The van der Waals surface area contributed by atoms with E-state index in [9.17, 15) is 14.4 Å². The predicted octanol–water partition coefficient (Wildman–Crippen LogP) is 1.99. The minimum absolute atomic E-state index is 0.0999. The smallest absolute Gasteiger partial charge is 0.291 e. The number of carbonyl (C=O) groups is 3. The summed E-state index contributed by atoms with van der Waals surface area (Å²) < 4.78 is 10.6. The quantitative estimate of drug-likeness (QED) is 0.821. The van der Waals surface area contributed by atoms with Crippen molar-refractivity contribution in [2.24, 2.45) is 0 Å². The Kier molecular flexibility index (Phi) is 6.31. The lowest BCUT2D eigenvalue weighted by Gasteiger charge is -2.34. The molecule has 2 aromatic rings. The van der Waals surface area contributed by atoms with Crippen LogP contribution in [0.4, 0.5) is 5.69 Å². The van der Waals surface area contributed by atoms with Crippen LogP contribution in [0.5, 0.6) is 5.75 Å². The third kappa shape index (κ3) is 4.91. The van der Waals surface area contributed by atoms with Crippen LogP contribution in [-0.2, 0) is 9.59 Å². The molecule has 3 amide bonds. The monoisotopic (exact) mass is 385 g/mol. The van der Waals surface area contributed by atoms with Crippen LogP contribution in [0, 0.1) is 0 Å². The largest absolute Gasteiger partial charge is 0.484 e. The predicted molar refractivity (Wildman–Crippen MR) is 102 cm³/mol. The SMILES string of the molecule is CCC(=O)N1CCN(C(=O)COc2cccc(NC(=O)c3ccco3)c2)CC1. The maximum absolute atomic E-state index is 12.4. The summed E-state index contributed by atoms with van der Waals surface area (Å²) in [6.45, 7) is 3.84. The Bertz CT molecular complexity index is 826. The highest BCUT2D eigenvalue weighted by Gasteiger charge is 2.23. The van der Waals surface area contributed by atoms with Gasteiger partial charge in [0.1, 0.15) is 5.75 Å². The van der Waals surface area contributed by atoms with Crippen LogP contribution in [0.3, 0.4) is 0 Å². The van der Waals surface area contributed by atoms with E-state index >= 15 is 0 Å². The molecule has 0 radical (unpaired) electrons. The molecule has 1 aliphatic heterocycles. The van der Waals surface area contributed by atoms with Gasteiger partial charge in [-0.25, -0.2) is 0 Å². The molecule has 1 aliphatic rings. The number of benzene rings is 1. The standard InChI is InChI=1S/C20H23N3O5/c1-2-18(24)22-8-10-23(11-9-22)19(25)14-28-16-6-3-5-15(13-16)21-20(26)17-7-4-12-27-17/h3-7,12-13H,2,8-11,14H2,1H3,(H,21,26). The van der Waals surface area contributed by atoms with E-state index in [1.807, 2.05) is 6.92 Å². The third-order valence-electron chi connectivity index (χ3n) is 4.49. The highest BCUT2D eigenvalue weighted by Crippen LogP contribution is 2.18. The maximum atomic E-state index is 12.4. The molecular formula is C20H23N3O5. The molecule has 1 fully saturated rings.